The number of amides is 2. The molecule has 2 fully saturated rings. The zero-order valence-corrected chi connectivity index (χ0v) is 13.3. The SMILES string of the molecule is CC1CCC(NC(=O)NCCC2CCCC(C)C2)CC1. The Bertz CT molecular complexity index is 297. The van der Waals surface area contributed by atoms with E-state index in [1.54, 1.807) is 0 Å². The van der Waals surface area contributed by atoms with Crippen molar-refractivity contribution in [2.75, 3.05) is 6.54 Å². The summed E-state index contributed by atoms with van der Waals surface area (Å²) in [5.74, 6) is 2.55. The zero-order valence-electron chi connectivity index (χ0n) is 13.3. The lowest BCUT2D eigenvalue weighted by Crippen LogP contribution is -2.44. The van der Waals surface area contributed by atoms with Gasteiger partial charge >= 0.3 is 6.03 Å². The fourth-order valence-electron chi connectivity index (χ4n) is 3.85. The van der Waals surface area contributed by atoms with E-state index >= 15 is 0 Å². The van der Waals surface area contributed by atoms with Crippen molar-refractivity contribution in [3.63, 3.8) is 0 Å². The third kappa shape index (κ3) is 5.34. The minimum Gasteiger partial charge on any atom is -0.338 e. The summed E-state index contributed by atoms with van der Waals surface area (Å²) >= 11 is 0. The Morgan fingerprint density at radius 2 is 1.75 bits per heavy atom. The van der Waals surface area contributed by atoms with Gasteiger partial charge in [0, 0.05) is 12.6 Å². The lowest BCUT2D eigenvalue weighted by Gasteiger charge is -2.28. The number of carbonyl (C=O) groups is 1. The maximum absolute atomic E-state index is 11.9. The molecule has 2 rings (SSSR count). The number of carbonyl (C=O) groups excluding carboxylic acids is 1. The van der Waals surface area contributed by atoms with Gasteiger partial charge in [0.15, 0.2) is 0 Å². The van der Waals surface area contributed by atoms with Gasteiger partial charge in [0.05, 0.1) is 0 Å². The van der Waals surface area contributed by atoms with Crippen LogP contribution in [0, 0.1) is 17.8 Å². The Balaban J connectivity index is 1.56. The van der Waals surface area contributed by atoms with E-state index in [1.165, 1.54) is 38.5 Å². The molecule has 0 radical (unpaired) electrons. The van der Waals surface area contributed by atoms with Crippen LogP contribution in [-0.4, -0.2) is 18.6 Å². The highest BCUT2D eigenvalue weighted by atomic mass is 16.2. The van der Waals surface area contributed by atoms with E-state index in [0.29, 0.717) is 6.04 Å². The van der Waals surface area contributed by atoms with Crippen LogP contribution in [0.2, 0.25) is 0 Å². The maximum atomic E-state index is 11.9. The molecule has 0 spiro atoms. The van der Waals surface area contributed by atoms with Crippen molar-refractivity contribution in [3.05, 3.63) is 0 Å². The highest BCUT2D eigenvalue weighted by Crippen LogP contribution is 2.30. The fourth-order valence-corrected chi connectivity index (χ4v) is 3.85. The van der Waals surface area contributed by atoms with Gasteiger partial charge in [-0.2, -0.15) is 0 Å². The summed E-state index contributed by atoms with van der Waals surface area (Å²) in [6.45, 7) is 5.50. The van der Waals surface area contributed by atoms with Crippen molar-refractivity contribution < 1.29 is 4.79 Å². The van der Waals surface area contributed by atoms with Crippen molar-refractivity contribution in [1.82, 2.24) is 10.6 Å². The second-order valence-electron chi connectivity index (χ2n) is 7.28. The van der Waals surface area contributed by atoms with E-state index in [-0.39, 0.29) is 6.03 Å². The predicted octanol–water partition coefficient (Wildman–Crippen LogP) is 4.08. The first-order valence-electron chi connectivity index (χ1n) is 8.68. The number of hydrogen-bond donors (Lipinski definition) is 2. The molecule has 2 atom stereocenters. The van der Waals surface area contributed by atoms with Crippen molar-refractivity contribution in [3.8, 4) is 0 Å². The number of nitrogens with one attached hydrogen (secondary N) is 2. The van der Waals surface area contributed by atoms with Gasteiger partial charge in [-0.05, 0) is 56.3 Å². The van der Waals surface area contributed by atoms with Crippen molar-refractivity contribution >= 4 is 6.03 Å². The molecule has 0 saturated heterocycles. The van der Waals surface area contributed by atoms with Crippen LogP contribution in [0.25, 0.3) is 0 Å². The van der Waals surface area contributed by atoms with Crippen LogP contribution >= 0.6 is 0 Å². The minimum atomic E-state index is 0.0495. The Morgan fingerprint density at radius 3 is 2.45 bits per heavy atom. The molecule has 3 nitrogen and oxygen atoms in total. The summed E-state index contributed by atoms with van der Waals surface area (Å²) in [5.41, 5.74) is 0. The summed E-state index contributed by atoms with van der Waals surface area (Å²) in [5, 5.41) is 6.19. The van der Waals surface area contributed by atoms with Crippen LogP contribution < -0.4 is 10.6 Å². The van der Waals surface area contributed by atoms with E-state index < -0.39 is 0 Å². The molecule has 116 valence electrons. The molecule has 20 heavy (non-hydrogen) atoms. The second kappa shape index (κ2) is 7.90. The molecule has 2 aliphatic carbocycles. The standard InChI is InChI=1S/C17H32N2O/c1-13-6-8-16(9-7-13)19-17(20)18-11-10-15-5-3-4-14(2)12-15/h13-16H,3-12H2,1-2H3,(H2,18,19,20). The quantitative estimate of drug-likeness (QED) is 0.800. The van der Waals surface area contributed by atoms with Gasteiger partial charge in [-0.25, -0.2) is 4.79 Å². The highest BCUT2D eigenvalue weighted by molar-refractivity contribution is 5.74. The zero-order chi connectivity index (χ0) is 14.4. The normalized spacial score (nSPS) is 34.5. The second-order valence-corrected chi connectivity index (χ2v) is 7.28. The molecular formula is C17H32N2O. The summed E-state index contributed by atoms with van der Waals surface area (Å²) in [6, 6.07) is 0.453. The first-order chi connectivity index (χ1) is 9.63. The average Bonchev–Trinajstić information content (AvgIpc) is 2.41. The van der Waals surface area contributed by atoms with E-state index in [1.807, 2.05) is 0 Å². The molecular weight excluding hydrogens is 248 g/mol. The van der Waals surface area contributed by atoms with Crippen molar-refractivity contribution in [1.29, 1.82) is 0 Å². The number of hydrogen-bond acceptors (Lipinski definition) is 1. The van der Waals surface area contributed by atoms with Crippen LogP contribution in [0.4, 0.5) is 4.79 Å². The van der Waals surface area contributed by atoms with Crippen molar-refractivity contribution in [2.45, 2.75) is 77.7 Å². The molecule has 0 aromatic rings. The fraction of sp³-hybridized carbons (Fsp3) is 0.941. The molecule has 2 aliphatic rings. The molecule has 0 aromatic carbocycles. The Labute approximate surface area is 124 Å². The molecule has 0 aliphatic heterocycles. The lowest BCUT2D eigenvalue weighted by molar-refractivity contribution is 0.225. The highest BCUT2D eigenvalue weighted by Gasteiger charge is 2.20. The molecule has 3 heteroatoms. The third-order valence-electron chi connectivity index (χ3n) is 5.23. The van der Waals surface area contributed by atoms with Crippen LogP contribution in [0.3, 0.4) is 0 Å². The number of urea groups is 1. The summed E-state index contributed by atoms with van der Waals surface area (Å²) in [6.07, 6.45) is 11.4. The molecule has 2 saturated carbocycles. The Morgan fingerprint density at radius 1 is 1.00 bits per heavy atom. The van der Waals surface area contributed by atoms with Gasteiger partial charge in [-0.3, -0.25) is 0 Å². The van der Waals surface area contributed by atoms with Crippen LogP contribution in [0.15, 0.2) is 0 Å². The molecule has 2 unspecified atom stereocenters. The third-order valence-corrected chi connectivity index (χ3v) is 5.23. The average molecular weight is 280 g/mol. The summed E-state index contributed by atoms with van der Waals surface area (Å²) in [4.78, 5) is 11.9. The van der Waals surface area contributed by atoms with Gasteiger partial charge in [-0.1, -0.05) is 33.1 Å². The largest absolute Gasteiger partial charge is 0.338 e. The van der Waals surface area contributed by atoms with E-state index in [4.69, 9.17) is 0 Å². The molecule has 0 bridgehead atoms. The van der Waals surface area contributed by atoms with Gasteiger partial charge in [0.25, 0.3) is 0 Å². The van der Waals surface area contributed by atoms with Crippen LogP contribution in [-0.2, 0) is 0 Å². The molecule has 2 amide bonds. The maximum Gasteiger partial charge on any atom is 0.315 e. The van der Waals surface area contributed by atoms with E-state index in [9.17, 15) is 4.79 Å². The first-order valence-corrected chi connectivity index (χ1v) is 8.68. The summed E-state index contributed by atoms with van der Waals surface area (Å²) in [7, 11) is 0. The van der Waals surface area contributed by atoms with Gasteiger partial charge in [0.1, 0.15) is 0 Å². The molecule has 0 aromatic heterocycles. The Kier molecular flexibility index (Phi) is 6.18. The van der Waals surface area contributed by atoms with Gasteiger partial charge in [-0.15, -0.1) is 0 Å². The number of rotatable bonds is 4. The first kappa shape index (κ1) is 15.7. The van der Waals surface area contributed by atoms with Crippen LogP contribution in [0.1, 0.15) is 71.6 Å². The predicted molar refractivity (Wildman–Crippen MR) is 83.7 cm³/mol. The minimum absolute atomic E-state index is 0.0495. The Hall–Kier alpha value is -0.730. The smallest absolute Gasteiger partial charge is 0.315 e. The van der Waals surface area contributed by atoms with Crippen molar-refractivity contribution in [2.24, 2.45) is 17.8 Å². The molecule has 2 N–H and O–H groups in total. The summed E-state index contributed by atoms with van der Waals surface area (Å²) < 4.78 is 0. The van der Waals surface area contributed by atoms with Gasteiger partial charge in [0.2, 0.25) is 0 Å². The molecule has 0 heterocycles. The van der Waals surface area contributed by atoms with E-state index in [0.717, 1.165) is 43.6 Å². The lowest BCUT2D eigenvalue weighted by atomic mass is 9.81. The van der Waals surface area contributed by atoms with Gasteiger partial charge < -0.3 is 10.6 Å². The van der Waals surface area contributed by atoms with E-state index in [2.05, 4.69) is 24.5 Å². The van der Waals surface area contributed by atoms with Crippen LogP contribution in [0.5, 0.6) is 0 Å². The topological polar surface area (TPSA) is 41.1 Å². The monoisotopic (exact) mass is 280 g/mol.